The zero-order valence-electron chi connectivity index (χ0n) is 18.7. The largest absolute Gasteiger partial charge is 0.416 e. The highest BCUT2D eigenvalue weighted by atomic mass is 32.2. The van der Waals surface area contributed by atoms with E-state index in [1.165, 1.54) is 4.31 Å². The van der Waals surface area contributed by atoms with E-state index in [-0.39, 0.29) is 41.3 Å². The number of hydrogen-bond donors (Lipinski definition) is 1. The van der Waals surface area contributed by atoms with Crippen LogP contribution in [0, 0.1) is 11.8 Å². The molecular formula is C22H32F3N3O3S. The molecule has 1 aromatic carbocycles. The SMILES string of the molecule is CCC[C@H](N)C(=O)N(C(C)C)[C@@H]1CC[C@H]2CN(S(=O)(=O)c3ccc(C(F)(F)F)cc3)C[C@H]21. The molecule has 1 amide bonds. The van der Waals surface area contributed by atoms with Gasteiger partial charge in [0.25, 0.3) is 0 Å². The molecule has 1 aliphatic heterocycles. The second-order valence-electron chi connectivity index (χ2n) is 9.15. The van der Waals surface area contributed by atoms with Crippen molar-refractivity contribution in [3.63, 3.8) is 0 Å². The third kappa shape index (κ3) is 4.82. The summed E-state index contributed by atoms with van der Waals surface area (Å²) in [5, 5.41) is 0. The number of amides is 1. The lowest BCUT2D eigenvalue weighted by Gasteiger charge is -2.38. The van der Waals surface area contributed by atoms with Crippen LogP contribution in [0.5, 0.6) is 0 Å². The van der Waals surface area contributed by atoms with Crippen LogP contribution in [0.4, 0.5) is 13.2 Å². The predicted octanol–water partition coefficient (Wildman–Crippen LogP) is 3.47. The van der Waals surface area contributed by atoms with Gasteiger partial charge in [0, 0.05) is 25.2 Å². The summed E-state index contributed by atoms with van der Waals surface area (Å²) in [7, 11) is -3.92. The number of alkyl halides is 3. The fraction of sp³-hybridized carbons (Fsp3) is 0.682. The minimum absolute atomic E-state index is 0.0144. The third-order valence-corrected chi connectivity index (χ3v) is 8.54. The molecule has 0 bridgehead atoms. The fourth-order valence-electron chi connectivity index (χ4n) is 5.13. The van der Waals surface area contributed by atoms with Crippen LogP contribution >= 0.6 is 0 Å². The second kappa shape index (κ2) is 9.30. The van der Waals surface area contributed by atoms with Gasteiger partial charge in [0.05, 0.1) is 16.5 Å². The Bertz CT molecular complexity index is 919. The van der Waals surface area contributed by atoms with E-state index < -0.39 is 27.8 Å². The first-order valence-electron chi connectivity index (χ1n) is 11.1. The Kier molecular flexibility index (Phi) is 7.26. The first-order chi connectivity index (χ1) is 14.9. The van der Waals surface area contributed by atoms with E-state index in [0.717, 1.165) is 43.5 Å². The summed E-state index contributed by atoms with van der Waals surface area (Å²) in [5.41, 5.74) is 5.22. The van der Waals surface area contributed by atoms with Crippen LogP contribution in [0.2, 0.25) is 0 Å². The molecule has 0 aromatic heterocycles. The Morgan fingerprint density at radius 3 is 2.34 bits per heavy atom. The summed E-state index contributed by atoms with van der Waals surface area (Å²) in [6, 6.07) is 2.88. The van der Waals surface area contributed by atoms with E-state index in [0.29, 0.717) is 13.0 Å². The number of hydrogen-bond acceptors (Lipinski definition) is 4. The van der Waals surface area contributed by atoms with Crippen molar-refractivity contribution in [1.29, 1.82) is 0 Å². The monoisotopic (exact) mass is 475 g/mol. The van der Waals surface area contributed by atoms with Crippen molar-refractivity contribution < 1.29 is 26.4 Å². The highest BCUT2D eigenvalue weighted by Gasteiger charge is 2.49. The molecule has 0 unspecified atom stereocenters. The van der Waals surface area contributed by atoms with E-state index in [4.69, 9.17) is 5.73 Å². The number of benzene rings is 1. The lowest BCUT2D eigenvalue weighted by atomic mass is 9.95. The Hall–Kier alpha value is -1.65. The molecule has 6 nitrogen and oxygen atoms in total. The van der Waals surface area contributed by atoms with Crippen molar-refractivity contribution in [1.82, 2.24) is 9.21 Å². The van der Waals surface area contributed by atoms with E-state index in [2.05, 4.69) is 0 Å². The van der Waals surface area contributed by atoms with Crippen LogP contribution in [0.3, 0.4) is 0 Å². The lowest BCUT2D eigenvalue weighted by Crippen LogP contribution is -2.53. The minimum Gasteiger partial charge on any atom is -0.336 e. The standard InChI is InChI=1S/C22H32F3N3O3S/c1-4-5-19(26)21(29)28(14(2)3)20-11-6-15-12-27(13-18(15)20)32(30,31)17-9-7-16(8-10-17)22(23,24)25/h7-10,14-15,18-20H,4-6,11-13,26H2,1-3H3/t15-,18+,19-,20+/m0/s1. The number of carbonyl (C=O) groups is 1. The van der Waals surface area contributed by atoms with Gasteiger partial charge in [-0.25, -0.2) is 8.42 Å². The molecule has 2 aliphatic rings. The quantitative estimate of drug-likeness (QED) is 0.655. The molecule has 1 heterocycles. The van der Waals surface area contributed by atoms with Crippen LogP contribution in [0.1, 0.15) is 52.0 Å². The molecule has 4 atom stereocenters. The van der Waals surface area contributed by atoms with Gasteiger partial charge in [-0.1, -0.05) is 13.3 Å². The Morgan fingerprint density at radius 1 is 1.19 bits per heavy atom. The van der Waals surface area contributed by atoms with Gasteiger partial charge in [-0.05, 0) is 69.2 Å². The van der Waals surface area contributed by atoms with Gasteiger partial charge in [-0.3, -0.25) is 4.79 Å². The molecule has 0 radical (unpaired) electrons. The normalized spacial score (nSPS) is 25.2. The minimum atomic E-state index is -4.52. The molecule has 10 heteroatoms. The smallest absolute Gasteiger partial charge is 0.336 e. The highest BCUT2D eigenvalue weighted by Crippen LogP contribution is 2.43. The Balaban J connectivity index is 1.79. The van der Waals surface area contributed by atoms with Crippen LogP contribution in [0.15, 0.2) is 29.2 Å². The summed E-state index contributed by atoms with van der Waals surface area (Å²) in [4.78, 5) is 14.7. The van der Waals surface area contributed by atoms with E-state index in [1.807, 2.05) is 25.7 Å². The van der Waals surface area contributed by atoms with Crippen molar-refractivity contribution >= 4 is 15.9 Å². The van der Waals surface area contributed by atoms with Crippen LogP contribution < -0.4 is 5.73 Å². The molecule has 2 fully saturated rings. The summed E-state index contributed by atoms with van der Waals surface area (Å²) in [5.74, 6) is -0.00313. The number of carbonyl (C=O) groups excluding carboxylic acids is 1. The van der Waals surface area contributed by atoms with Gasteiger partial charge in [0.15, 0.2) is 0 Å². The molecule has 1 aliphatic carbocycles. The molecule has 32 heavy (non-hydrogen) atoms. The number of sulfonamides is 1. The van der Waals surface area contributed by atoms with E-state index in [9.17, 15) is 26.4 Å². The number of nitrogens with zero attached hydrogens (tertiary/aromatic N) is 2. The van der Waals surface area contributed by atoms with Gasteiger partial charge in [-0.15, -0.1) is 0 Å². The average Bonchev–Trinajstić information content (AvgIpc) is 3.30. The number of rotatable bonds is 7. The molecule has 2 N–H and O–H groups in total. The Labute approximate surface area is 188 Å². The summed E-state index contributed by atoms with van der Waals surface area (Å²) < 4.78 is 66.0. The second-order valence-corrected chi connectivity index (χ2v) is 11.1. The number of nitrogens with two attached hydrogens (primary N) is 1. The molecule has 0 spiro atoms. The first-order valence-corrected chi connectivity index (χ1v) is 12.6. The van der Waals surface area contributed by atoms with Crippen molar-refractivity contribution in [2.75, 3.05) is 13.1 Å². The first kappa shape index (κ1) is 25.0. The van der Waals surface area contributed by atoms with Crippen molar-refractivity contribution in [3.05, 3.63) is 29.8 Å². The average molecular weight is 476 g/mol. The topological polar surface area (TPSA) is 83.7 Å². The molecule has 1 aromatic rings. The van der Waals surface area contributed by atoms with Gasteiger partial charge in [0.1, 0.15) is 0 Å². The number of halogens is 3. The zero-order valence-corrected chi connectivity index (χ0v) is 19.5. The van der Waals surface area contributed by atoms with Crippen LogP contribution in [-0.2, 0) is 21.0 Å². The highest BCUT2D eigenvalue weighted by molar-refractivity contribution is 7.89. The van der Waals surface area contributed by atoms with Gasteiger partial charge in [0.2, 0.25) is 15.9 Å². The summed E-state index contributed by atoms with van der Waals surface area (Å²) in [6.45, 7) is 6.41. The van der Waals surface area contributed by atoms with E-state index >= 15 is 0 Å². The molecule has 1 saturated heterocycles. The molecule has 3 rings (SSSR count). The van der Waals surface area contributed by atoms with Crippen molar-refractivity contribution in [3.8, 4) is 0 Å². The van der Waals surface area contributed by atoms with Crippen LogP contribution in [-0.4, -0.2) is 54.7 Å². The maximum absolute atomic E-state index is 13.1. The third-order valence-electron chi connectivity index (χ3n) is 6.69. The van der Waals surface area contributed by atoms with Gasteiger partial charge >= 0.3 is 6.18 Å². The van der Waals surface area contributed by atoms with Crippen molar-refractivity contribution in [2.45, 2.75) is 75.7 Å². The molecule has 180 valence electrons. The van der Waals surface area contributed by atoms with E-state index in [1.54, 1.807) is 0 Å². The Morgan fingerprint density at radius 2 is 1.81 bits per heavy atom. The molecule has 1 saturated carbocycles. The van der Waals surface area contributed by atoms with Gasteiger partial charge < -0.3 is 10.6 Å². The van der Waals surface area contributed by atoms with Gasteiger partial charge in [-0.2, -0.15) is 17.5 Å². The lowest BCUT2D eigenvalue weighted by molar-refractivity contribution is -0.138. The predicted molar refractivity (Wildman–Crippen MR) is 115 cm³/mol. The maximum Gasteiger partial charge on any atom is 0.416 e. The fourth-order valence-corrected chi connectivity index (χ4v) is 6.66. The number of fused-ring (bicyclic) bond motifs is 1. The molecular weight excluding hydrogens is 443 g/mol. The zero-order chi connectivity index (χ0) is 23.8. The summed E-state index contributed by atoms with van der Waals surface area (Å²) >= 11 is 0. The van der Waals surface area contributed by atoms with Crippen molar-refractivity contribution in [2.24, 2.45) is 17.6 Å². The maximum atomic E-state index is 13.1. The summed E-state index contributed by atoms with van der Waals surface area (Å²) in [6.07, 6.45) is -1.53. The van der Waals surface area contributed by atoms with Crippen LogP contribution in [0.25, 0.3) is 0 Å².